The molecular weight excluding hydrogens is 615 g/mol. The Morgan fingerprint density at radius 1 is 0.680 bits per heavy atom. The van der Waals surface area contributed by atoms with Crippen LogP contribution in [-0.4, -0.2) is 9.55 Å². The van der Waals surface area contributed by atoms with Gasteiger partial charge in [0, 0.05) is 43.2 Å². The lowest BCUT2D eigenvalue weighted by Gasteiger charge is -2.21. The fraction of sp³-hybridized carbons (Fsp3) is 0.200. The average molecular weight is 658 g/mol. The quantitative estimate of drug-likeness (QED) is 0.173. The van der Waals surface area contributed by atoms with Gasteiger partial charge < -0.3 is 8.83 Å². The monoisotopic (exact) mass is 657 g/mol. The van der Waals surface area contributed by atoms with Crippen LogP contribution in [0.5, 0.6) is 0 Å². The number of hydrogen-bond acceptors (Lipinski definition) is 3. The van der Waals surface area contributed by atoms with Crippen LogP contribution in [-0.2, 0) is 7.05 Å². The van der Waals surface area contributed by atoms with Crippen LogP contribution in [0.15, 0.2) is 112 Å². The molecule has 5 aromatic carbocycles. The smallest absolute Gasteiger partial charge is 0.300 e. The van der Waals surface area contributed by atoms with E-state index in [4.69, 9.17) is 17.9 Å². The Labute approximate surface area is 295 Å². The summed E-state index contributed by atoms with van der Waals surface area (Å²) in [5.41, 5.74) is 11.8. The van der Waals surface area contributed by atoms with Crippen molar-refractivity contribution < 1.29 is 17.5 Å². The molecule has 0 saturated heterocycles. The number of benzene rings is 5. The molecule has 0 aliphatic heterocycles. The fourth-order valence-electron chi connectivity index (χ4n) is 7.87. The molecule has 0 unspecified atom stereocenters. The van der Waals surface area contributed by atoms with E-state index in [9.17, 15) is 0 Å². The molecular formula is C45H40N3O2+. The first kappa shape index (κ1) is 27.2. The van der Waals surface area contributed by atoms with Gasteiger partial charge in [0.25, 0.3) is 0 Å². The van der Waals surface area contributed by atoms with Crippen LogP contribution >= 0.6 is 0 Å². The van der Waals surface area contributed by atoms with Crippen LogP contribution in [0.3, 0.4) is 0 Å². The molecule has 5 nitrogen and oxygen atoms in total. The van der Waals surface area contributed by atoms with Crippen LogP contribution in [0.1, 0.15) is 66.2 Å². The van der Waals surface area contributed by atoms with Crippen LogP contribution < -0.4 is 4.57 Å². The van der Waals surface area contributed by atoms with E-state index >= 15 is 0 Å². The van der Waals surface area contributed by atoms with Gasteiger partial charge in [-0.15, -0.1) is 0 Å². The molecule has 0 spiro atoms. The second-order valence-electron chi connectivity index (χ2n) is 14.1. The number of fused-ring (bicyclic) bond motifs is 7. The van der Waals surface area contributed by atoms with Gasteiger partial charge >= 0.3 is 5.82 Å². The fourth-order valence-corrected chi connectivity index (χ4v) is 7.87. The minimum atomic E-state index is -2.48. The molecule has 4 heterocycles. The highest BCUT2D eigenvalue weighted by Crippen LogP contribution is 2.44. The van der Waals surface area contributed by atoms with Crippen molar-refractivity contribution in [1.82, 2.24) is 9.55 Å². The highest BCUT2D eigenvalue weighted by atomic mass is 16.3. The maximum absolute atomic E-state index is 8.65. The number of hydrogen-bond donors (Lipinski definition) is 0. The Bertz CT molecular complexity index is 2880. The number of nitrogens with zero attached hydrogens (tertiary/aromatic N) is 3. The third-order valence-corrected chi connectivity index (χ3v) is 10.3. The highest BCUT2D eigenvalue weighted by molar-refractivity contribution is 6.17. The van der Waals surface area contributed by atoms with E-state index in [-0.39, 0.29) is 17.5 Å². The van der Waals surface area contributed by atoms with Gasteiger partial charge in [0.1, 0.15) is 28.0 Å². The molecule has 0 atom stereocenters. The average Bonchev–Trinajstić information content (AvgIpc) is 3.78. The summed E-state index contributed by atoms with van der Waals surface area (Å²) in [6.45, 7) is 8.40. The molecule has 9 rings (SSSR count). The number of para-hydroxylation sites is 3. The first-order valence-electron chi connectivity index (χ1n) is 18.8. The number of aromatic nitrogens is 3. The Hall–Kier alpha value is -5.68. The van der Waals surface area contributed by atoms with Crippen molar-refractivity contribution in [2.75, 3.05) is 0 Å². The molecule has 0 aliphatic rings. The van der Waals surface area contributed by atoms with E-state index in [1.807, 2.05) is 43.3 Å². The summed E-state index contributed by atoms with van der Waals surface area (Å²) in [4.78, 5) is 4.94. The number of imidazole rings is 1. The number of pyridine rings is 1. The van der Waals surface area contributed by atoms with Crippen LogP contribution in [0.2, 0.25) is 0 Å². The van der Waals surface area contributed by atoms with E-state index in [1.54, 1.807) is 0 Å². The maximum atomic E-state index is 8.65. The number of aryl methyl sites for hydroxylation is 3. The van der Waals surface area contributed by atoms with Gasteiger partial charge in [0.05, 0.1) is 18.1 Å². The minimum Gasteiger partial charge on any atom is -0.456 e. The Morgan fingerprint density at radius 2 is 1.36 bits per heavy atom. The summed E-state index contributed by atoms with van der Waals surface area (Å²) in [5.74, 6) is 1.25. The zero-order valence-electron chi connectivity index (χ0n) is 32.1. The molecule has 50 heavy (non-hydrogen) atoms. The zero-order valence-corrected chi connectivity index (χ0v) is 29.1. The van der Waals surface area contributed by atoms with Crippen molar-refractivity contribution in [1.29, 1.82) is 0 Å². The van der Waals surface area contributed by atoms with E-state index in [1.165, 1.54) is 22.3 Å². The van der Waals surface area contributed by atoms with Gasteiger partial charge in [-0.2, -0.15) is 4.57 Å². The number of furan rings is 2. The first-order valence-corrected chi connectivity index (χ1v) is 17.3. The Kier molecular flexibility index (Phi) is 6.07. The van der Waals surface area contributed by atoms with Crippen molar-refractivity contribution >= 4 is 54.9 Å². The highest BCUT2D eigenvalue weighted by Gasteiger charge is 2.35. The molecule has 0 amide bonds. The molecule has 0 N–H and O–H groups in total. The van der Waals surface area contributed by atoms with E-state index < -0.39 is 6.85 Å². The molecule has 4 aromatic heterocycles. The standard InChI is InChI=1S/C45H40N3O2/c1-25(2)32-21-30(29-15-9-8-10-16-29)22-33(26(3)4)43(32)48-37-19-13-12-18-36(37)47(7)45(48)42-28(6)46-27(5)41-35-23-34-31-17-11-14-20-38(31)49-39(34)24-40(35)50-44(41)42/h8-26H,1-7H3/q+1/i5D3. The summed E-state index contributed by atoms with van der Waals surface area (Å²) in [7, 11) is 2.07. The van der Waals surface area contributed by atoms with Crippen LogP contribution in [0.25, 0.3) is 83.1 Å². The molecule has 0 aliphatic carbocycles. The normalized spacial score (nSPS) is 13.4. The molecule has 0 saturated carbocycles. The molecule has 0 fully saturated rings. The predicted octanol–water partition coefficient (Wildman–Crippen LogP) is 11.8. The summed E-state index contributed by atoms with van der Waals surface area (Å²) in [6.07, 6.45) is 0. The van der Waals surface area contributed by atoms with Crippen LogP contribution in [0.4, 0.5) is 0 Å². The summed E-state index contributed by atoms with van der Waals surface area (Å²) >= 11 is 0. The van der Waals surface area contributed by atoms with Gasteiger partial charge in [-0.3, -0.25) is 4.98 Å². The second kappa shape index (κ2) is 11.2. The topological polar surface area (TPSA) is 48.0 Å². The second-order valence-corrected chi connectivity index (χ2v) is 14.1. The number of rotatable bonds is 5. The lowest BCUT2D eigenvalue weighted by molar-refractivity contribution is -0.633. The van der Waals surface area contributed by atoms with Gasteiger partial charge in [0.2, 0.25) is 0 Å². The van der Waals surface area contributed by atoms with Crippen LogP contribution in [0, 0.1) is 13.8 Å². The lowest BCUT2D eigenvalue weighted by atomic mass is 9.88. The van der Waals surface area contributed by atoms with E-state index in [2.05, 4.69) is 111 Å². The molecule has 9 aromatic rings. The molecule has 0 radical (unpaired) electrons. The lowest BCUT2D eigenvalue weighted by Crippen LogP contribution is -2.31. The Morgan fingerprint density at radius 3 is 2.10 bits per heavy atom. The Balaban J connectivity index is 1.44. The van der Waals surface area contributed by atoms with E-state index in [0.29, 0.717) is 33.2 Å². The predicted molar refractivity (Wildman–Crippen MR) is 205 cm³/mol. The van der Waals surface area contributed by atoms with Crippen molar-refractivity contribution in [3.63, 3.8) is 0 Å². The minimum absolute atomic E-state index is 0.0305. The third kappa shape index (κ3) is 4.39. The maximum Gasteiger partial charge on any atom is 0.300 e. The summed E-state index contributed by atoms with van der Waals surface area (Å²) in [5, 5.41) is 3.05. The van der Waals surface area contributed by atoms with Gasteiger partial charge in [-0.25, -0.2) is 4.57 Å². The largest absolute Gasteiger partial charge is 0.456 e. The molecule has 5 heteroatoms. The van der Waals surface area contributed by atoms with Gasteiger partial charge in [-0.05, 0) is 73.1 Å². The van der Waals surface area contributed by atoms with E-state index in [0.717, 1.165) is 44.5 Å². The SMILES string of the molecule is [2H]C([2H])([2H])c1nc(C)c(-c2n(-c3c(C(C)C)cc(-c4ccccc4)cc3C(C)C)c3ccccc3[n+]2C)c2oc3cc4oc5ccccc5c4cc3c12. The van der Waals surface area contributed by atoms with Crippen molar-refractivity contribution in [2.24, 2.45) is 7.05 Å². The zero-order chi connectivity index (χ0) is 36.9. The molecule has 0 bridgehead atoms. The van der Waals surface area contributed by atoms with Gasteiger partial charge in [0.15, 0.2) is 16.6 Å². The van der Waals surface area contributed by atoms with Crippen molar-refractivity contribution in [2.45, 2.75) is 53.3 Å². The summed E-state index contributed by atoms with van der Waals surface area (Å²) < 4.78 is 43.6. The summed E-state index contributed by atoms with van der Waals surface area (Å²) in [6, 6.07) is 35.4. The van der Waals surface area contributed by atoms with Gasteiger partial charge in [-0.1, -0.05) is 88.4 Å². The molecule has 246 valence electrons. The van der Waals surface area contributed by atoms with Crippen molar-refractivity contribution in [3.8, 4) is 28.2 Å². The van der Waals surface area contributed by atoms with Crippen molar-refractivity contribution in [3.05, 3.63) is 126 Å². The first-order chi connectivity index (χ1) is 25.4. The third-order valence-electron chi connectivity index (χ3n) is 10.3.